The first kappa shape index (κ1) is 21.5. The number of benzene rings is 2. The zero-order valence-corrected chi connectivity index (χ0v) is 17.6. The van der Waals surface area contributed by atoms with Crippen molar-refractivity contribution in [2.45, 2.75) is 53.1 Å². The second-order valence-electron chi connectivity index (χ2n) is 8.08. The van der Waals surface area contributed by atoms with Gasteiger partial charge < -0.3 is 10.1 Å². The van der Waals surface area contributed by atoms with Gasteiger partial charge >= 0.3 is 0 Å². The summed E-state index contributed by atoms with van der Waals surface area (Å²) in [5, 5.41) is 2.96. The Kier molecular flexibility index (Phi) is 6.84. The van der Waals surface area contributed by atoms with Gasteiger partial charge in [0.25, 0.3) is 0 Å². The van der Waals surface area contributed by atoms with Crippen molar-refractivity contribution >= 4 is 23.2 Å². The van der Waals surface area contributed by atoms with E-state index >= 15 is 0 Å². The molecule has 0 unspecified atom stereocenters. The smallest absolute Gasteiger partial charge is 0.244 e. The molecule has 2 amide bonds. The van der Waals surface area contributed by atoms with E-state index in [0.29, 0.717) is 11.4 Å². The number of anilines is 2. The molecule has 0 fully saturated rings. The molecular formula is C23H30N2O3. The Morgan fingerprint density at radius 1 is 1.04 bits per heavy atom. The second kappa shape index (κ2) is 8.91. The van der Waals surface area contributed by atoms with Gasteiger partial charge in [-0.15, -0.1) is 0 Å². The highest BCUT2D eigenvalue weighted by Gasteiger charge is 2.22. The maximum absolute atomic E-state index is 12.8. The van der Waals surface area contributed by atoms with Gasteiger partial charge in [-0.2, -0.15) is 0 Å². The van der Waals surface area contributed by atoms with E-state index in [4.69, 9.17) is 4.74 Å². The predicted molar refractivity (Wildman–Crippen MR) is 114 cm³/mol. The molecule has 28 heavy (non-hydrogen) atoms. The van der Waals surface area contributed by atoms with Gasteiger partial charge in [-0.25, -0.2) is 0 Å². The van der Waals surface area contributed by atoms with Gasteiger partial charge in [0, 0.05) is 12.6 Å². The van der Waals surface area contributed by atoms with Crippen LogP contribution in [0.25, 0.3) is 0 Å². The van der Waals surface area contributed by atoms with Crippen molar-refractivity contribution in [2.75, 3.05) is 16.8 Å². The standard InChI is InChI=1S/C23H30N2O3/c1-16(2)28-21-14-10-9-13-20(21)25(17(3)26)15-22(27)24-19-12-8-7-11-18(19)23(4,5)6/h7-14,16H,15H2,1-6H3,(H,24,27). The third-order valence-electron chi connectivity index (χ3n) is 4.21. The van der Waals surface area contributed by atoms with Gasteiger partial charge in [-0.3, -0.25) is 14.5 Å². The third kappa shape index (κ3) is 5.59. The lowest BCUT2D eigenvalue weighted by atomic mass is 9.86. The summed E-state index contributed by atoms with van der Waals surface area (Å²) < 4.78 is 5.81. The van der Waals surface area contributed by atoms with Crippen LogP contribution in [0.5, 0.6) is 5.75 Å². The first-order valence-electron chi connectivity index (χ1n) is 9.52. The molecule has 0 aromatic heterocycles. The van der Waals surface area contributed by atoms with Crippen molar-refractivity contribution in [3.8, 4) is 5.75 Å². The van der Waals surface area contributed by atoms with Crippen LogP contribution >= 0.6 is 0 Å². The predicted octanol–water partition coefficient (Wildman–Crippen LogP) is 4.76. The molecule has 150 valence electrons. The van der Waals surface area contributed by atoms with E-state index in [1.54, 1.807) is 12.1 Å². The van der Waals surface area contributed by atoms with Gasteiger partial charge in [-0.05, 0) is 43.0 Å². The summed E-state index contributed by atoms with van der Waals surface area (Å²) in [6, 6.07) is 15.0. The molecule has 0 saturated heterocycles. The Labute approximate surface area is 167 Å². The molecule has 0 aliphatic heterocycles. The minimum atomic E-state index is -0.258. The minimum absolute atomic E-state index is 0.0394. The van der Waals surface area contributed by atoms with Crippen LogP contribution in [-0.2, 0) is 15.0 Å². The summed E-state index contributed by atoms with van der Waals surface area (Å²) in [5.74, 6) is 0.0981. The fourth-order valence-corrected chi connectivity index (χ4v) is 2.98. The van der Waals surface area contributed by atoms with Gasteiger partial charge in [0.1, 0.15) is 12.3 Å². The fourth-order valence-electron chi connectivity index (χ4n) is 2.98. The number of carbonyl (C=O) groups is 2. The quantitative estimate of drug-likeness (QED) is 0.783. The van der Waals surface area contributed by atoms with Crippen molar-refractivity contribution in [3.63, 3.8) is 0 Å². The van der Waals surface area contributed by atoms with Crippen LogP contribution in [0.1, 0.15) is 47.1 Å². The summed E-state index contributed by atoms with van der Waals surface area (Å²) in [6.07, 6.45) is -0.0394. The molecule has 0 heterocycles. The van der Waals surface area contributed by atoms with Gasteiger partial charge in [0.15, 0.2) is 0 Å². The zero-order chi connectivity index (χ0) is 20.9. The number of hydrogen-bond acceptors (Lipinski definition) is 3. The third-order valence-corrected chi connectivity index (χ3v) is 4.21. The molecule has 1 N–H and O–H groups in total. The van der Waals surface area contributed by atoms with Crippen molar-refractivity contribution in [1.29, 1.82) is 0 Å². The van der Waals surface area contributed by atoms with E-state index in [9.17, 15) is 9.59 Å². The van der Waals surface area contributed by atoms with E-state index in [1.807, 2.05) is 50.2 Å². The number of ether oxygens (including phenoxy) is 1. The molecule has 2 rings (SSSR count). The number of carbonyl (C=O) groups excluding carboxylic acids is 2. The summed E-state index contributed by atoms with van der Waals surface area (Å²) in [4.78, 5) is 26.5. The van der Waals surface area contributed by atoms with E-state index in [1.165, 1.54) is 11.8 Å². The van der Waals surface area contributed by atoms with E-state index in [0.717, 1.165) is 11.3 Å². The van der Waals surface area contributed by atoms with Crippen LogP contribution in [0.15, 0.2) is 48.5 Å². The summed E-state index contributed by atoms with van der Waals surface area (Å²) >= 11 is 0. The molecule has 0 aliphatic carbocycles. The Morgan fingerprint density at radius 3 is 2.25 bits per heavy atom. The molecule has 2 aromatic carbocycles. The topological polar surface area (TPSA) is 58.6 Å². The van der Waals surface area contributed by atoms with Crippen LogP contribution in [0, 0.1) is 0 Å². The molecular weight excluding hydrogens is 352 g/mol. The van der Waals surface area contributed by atoms with Crippen LogP contribution < -0.4 is 15.0 Å². The highest BCUT2D eigenvalue weighted by Crippen LogP contribution is 2.31. The maximum atomic E-state index is 12.8. The van der Waals surface area contributed by atoms with Crippen molar-refractivity contribution < 1.29 is 14.3 Å². The molecule has 0 radical (unpaired) electrons. The van der Waals surface area contributed by atoms with Gasteiger partial charge in [0.2, 0.25) is 11.8 Å². The number of para-hydroxylation sites is 3. The maximum Gasteiger partial charge on any atom is 0.244 e. The Bertz CT molecular complexity index is 838. The fraction of sp³-hybridized carbons (Fsp3) is 0.391. The molecule has 0 spiro atoms. The van der Waals surface area contributed by atoms with E-state index in [2.05, 4.69) is 26.1 Å². The molecule has 0 atom stereocenters. The van der Waals surface area contributed by atoms with Gasteiger partial charge in [-0.1, -0.05) is 51.1 Å². The number of rotatable bonds is 6. The Hall–Kier alpha value is -2.82. The van der Waals surface area contributed by atoms with Crippen molar-refractivity contribution in [1.82, 2.24) is 0 Å². The number of hydrogen-bond donors (Lipinski definition) is 1. The van der Waals surface area contributed by atoms with Crippen molar-refractivity contribution in [2.24, 2.45) is 0 Å². The normalized spacial score (nSPS) is 11.2. The first-order chi connectivity index (χ1) is 13.1. The Morgan fingerprint density at radius 2 is 1.64 bits per heavy atom. The minimum Gasteiger partial charge on any atom is -0.489 e. The van der Waals surface area contributed by atoms with Crippen LogP contribution in [0.2, 0.25) is 0 Å². The number of amides is 2. The Balaban J connectivity index is 2.26. The van der Waals surface area contributed by atoms with E-state index < -0.39 is 0 Å². The highest BCUT2D eigenvalue weighted by atomic mass is 16.5. The first-order valence-corrected chi connectivity index (χ1v) is 9.52. The SMILES string of the molecule is CC(=O)N(CC(=O)Nc1ccccc1C(C)(C)C)c1ccccc1OC(C)C. The molecule has 0 bridgehead atoms. The second-order valence-corrected chi connectivity index (χ2v) is 8.08. The molecule has 0 aliphatic rings. The molecule has 5 heteroatoms. The van der Waals surface area contributed by atoms with Crippen LogP contribution in [-0.4, -0.2) is 24.5 Å². The van der Waals surface area contributed by atoms with Crippen molar-refractivity contribution in [3.05, 3.63) is 54.1 Å². The summed E-state index contributed by atoms with van der Waals surface area (Å²) in [6.45, 7) is 11.5. The lowest BCUT2D eigenvalue weighted by Crippen LogP contribution is -2.37. The average Bonchev–Trinajstić information content (AvgIpc) is 2.59. The molecule has 2 aromatic rings. The summed E-state index contributed by atoms with van der Waals surface area (Å²) in [5.41, 5.74) is 2.28. The monoisotopic (exact) mass is 382 g/mol. The molecule has 5 nitrogen and oxygen atoms in total. The summed E-state index contributed by atoms with van der Waals surface area (Å²) in [7, 11) is 0. The lowest BCUT2D eigenvalue weighted by Gasteiger charge is -2.26. The van der Waals surface area contributed by atoms with Crippen LogP contribution in [0.4, 0.5) is 11.4 Å². The zero-order valence-electron chi connectivity index (χ0n) is 17.6. The van der Waals surface area contributed by atoms with E-state index in [-0.39, 0.29) is 29.9 Å². The largest absolute Gasteiger partial charge is 0.489 e. The highest BCUT2D eigenvalue weighted by molar-refractivity contribution is 6.02. The van der Waals surface area contributed by atoms with Gasteiger partial charge in [0.05, 0.1) is 11.8 Å². The number of nitrogens with one attached hydrogen (secondary N) is 1. The number of nitrogens with zero attached hydrogens (tertiary/aromatic N) is 1. The average molecular weight is 383 g/mol. The van der Waals surface area contributed by atoms with Crippen LogP contribution in [0.3, 0.4) is 0 Å². The lowest BCUT2D eigenvalue weighted by molar-refractivity contribution is -0.120. The molecule has 0 saturated carbocycles.